The van der Waals surface area contributed by atoms with Gasteiger partial charge in [0.25, 0.3) is 0 Å². The number of rotatable bonds is 1. The molecule has 1 aliphatic rings. The van der Waals surface area contributed by atoms with Gasteiger partial charge in [0.2, 0.25) is 0 Å². The lowest BCUT2D eigenvalue weighted by Crippen LogP contribution is -2.23. The van der Waals surface area contributed by atoms with Crippen LogP contribution in [0.5, 0.6) is 0 Å². The van der Waals surface area contributed by atoms with Gasteiger partial charge in [-0.3, -0.25) is 0 Å². The molecule has 0 amide bonds. The molecule has 0 N–H and O–H groups in total. The van der Waals surface area contributed by atoms with Gasteiger partial charge in [0, 0.05) is 6.42 Å². The summed E-state index contributed by atoms with van der Waals surface area (Å²) < 4.78 is 5.39. The van der Waals surface area contributed by atoms with Crippen LogP contribution in [-0.2, 0) is 4.74 Å². The normalized spacial score (nSPS) is 33.2. The molecule has 10 heavy (non-hydrogen) atoms. The fourth-order valence-electron chi connectivity index (χ4n) is 1.23. The summed E-state index contributed by atoms with van der Waals surface area (Å²) in [7, 11) is 0. The van der Waals surface area contributed by atoms with Crippen LogP contribution in [0.15, 0.2) is 0 Å². The van der Waals surface area contributed by atoms with Gasteiger partial charge in [0.1, 0.15) is 0 Å². The van der Waals surface area contributed by atoms with E-state index in [-0.39, 0.29) is 0 Å². The Morgan fingerprint density at radius 3 is 2.90 bits per heavy atom. The van der Waals surface area contributed by atoms with Crippen molar-refractivity contribution in [3.63, 3.8) is 0 Å². The van der Waals surface area contributed by atoms with Gasteiger partial charge in [0.15, 0.2) is 0 Å². The third kappa shape index (κ3) is 2.00. The smallest absolute Gasteiger partial charge is 0.0625 e. The van der Waals surface area contributed by atoms with E-state index in [1.54, 1.807) is 0 Å². The highest BCUT2D eigenvalue weighted by Gasteiger charge is 2.17. The minimum atomic E-state index is 0.412. The van der Waals surface area contributed by atoms with Crippen molar-refractivity contribution < 1.29 is 4.74 Å². The quantitative estimate of drug-likeness (QED) is 0.554. The van der Waals surface area contributed by atoms with Gasteiger partial charge in [0.05, 0.1) is 18.8 Å². The predicted octanol–water partition coefficient (Wildman–Crippen LogP) is 1.72. The van der Waals surface area contributed by atoms with E-state index in [1.807, 2.05) is 0 Å². The van der Waals surface area contributed by atoms with Crippen molar-refractivity contribution in [1.29, 1.82) is 5.26 Å². The van der Waals surface area contributed by atoms with Crippen molar-refractivity contribution in [2.45, 2.75) is 32.3 Å². The van der Waals surface area contributed by atoms with Gasteiger partial charge >= 0.3 is 0 Å². The van der Waals surface area contributed by atoms with Crippen LogP contribution in [-0.4, -0.2) is 12.7 Å². The van der Waals surface area contributed by atoms with E-state index in [0.717, 1.165) is 19.4 Å². The SMILES string of the molecule is CC1CCC(CC#N)CO1. The highest BCUT2D eigenvalue weighted by Crippen LogP contribution is 2.20. The zero-order valence-corrected chi connectivity index (χ0v) is 6.34. The van der Waals surface area contributed by atoms with Crippen LogP contribution < -0.4 is 0 Å². The zero-order valence-electron chi connectivity index (χ0n) is 6.34. The molecule has 2 nitrogen and oxygen atoms in total. The number of hydrogen-bond donors (Lipinski definition) is 0. The molecule has 0 saturated carbocycles. The third-order valence-corrected chi connectivity index (χ3v) is 1.98. The number of nitrogens with zero attached hydrogens (tertiary/aromatic N) is 1. The second-order valence-corrected chi connectivity index (χ2v) is 2.95. The molecule has 2 unspecified atom stereocenters. The minimum Gasteiger partial charge on any atom is -0.378 e. The Morgan fingerprint density at radius 2 is 2.40 bits per heavy atom. The Kier molecular flexibility index (Phi) is 2.70. The predicted molar refractivity (Wildman–Crippen MR) is 38.4 cm³/mol. The number of ether oxygens (including phenoxy) is 1. The summed E-state index contributed by atoms with van der Waals surface area (Å²) in [5.41, 5.74) is 0. The van der Waals surface area contributed by atoms with Crippen molar-refractivity contribution in [2.24, 2.45) is 5.92 Å². The molecule has 1 saturated heterocycles. The monoisotopic (exact) mass is 139 g/mol. The maximum Gasteiger partial charge on any atom is 0.0625 e. The van der Waals surface area contributed by atoms with Crippen LogP contribution in [0.3, 0.4) is 0 Å². The first kappa shape index (κ1) is 7.56. The summed E-state index contributed by atoms with van der Waals surface area (Å²) in [5, 5.41) is 8.38. The summed E-state index contributed by atoms with van der Waals surface area (Å²) in [6, 6.07) is 2.17. The van der Waals surface area contributed by atoms with Crippen LogP contribution >= 0.6 is 0 Å². The Balaban J connectivity index is 2.21. The third-order valence-electron chi connectivity index (χ3n) is 1.98. The molecule has 0 aromatic heterocycles. The highest BCUT2D eigenvalue weighted by molar-refractivity contribution is 4.78. The van der Waals surface area contributed by atoms with Crippen molar-refractivity contribution in [3.8, 4) is 6.07 Å². The molecule has 0 aromatic carbocycles. The average molecular weight is 139 g/mol. The molecule has 1 rings (SSSR count). The highest BCUT2D eigenvalue weighted by atomic mass is 16.5. The molecule has 2 atom stereocenters. The van der Waals surface area contributed by atoms with E-state index in [1.165, 1.54) is 0 Å². The largest absolute Gasteiger partial charge is 0.378 e. The fraction of sp³-hybridized carbons (Fsp3) is 0.875. The van der Waals surface area contributed by atoms with Gasteiger partial charge in [-0.2, -0.15) is 5.26 Å². The summed E-state index contributed by atoms with van der Waals surface area (Å²) in [4.78, 5) is 0. The van der Waals surface area contributed by atoms with Crippen molar-refractivity contribution in [1.82, 2.24) is 0 Å². The van der Waals surface area contributed by atoms with E-state index in [4.69, 9.17) is 10.00 Å². The number of hydrogen-bond acceptors (Lipinski definition) is 2. The second-order valence-electron chi connectivity index (χ2n) is 2.95. The summed E-state index contributed by atoms with van der Waals surface area (Å²) in [6.07, 6.45) is 3.35. The molecule has 2 heteroatoms. The van der Waals surface area contributed by atoms with Crippen molar-refractivity contribution in [3.05, 3.63) is 0 Å². The number of nitriles is 1. The lowest BCUT2D eigenvalue weighted by molar-refractivity contribution is -0.00352. The molecule has 1 aliphatic heterocycles. The van der Waals surface area contributed by atoms with Crippen LogP contribution in [0.4, 0.5) is 0 Å². The van der Waals surface area contributed by atoms with Crippen molar-refractivity contribution >= 4 is 0 Å². The van der Waals surface area contributed by atoms with Gasteiger partial charge < -0.3 is 4.74 Å². The van der Waals surface area contributed by atoms with Gasteiger partial charge in [-0.05, 0) is 25.7 Å². The zero-order chi connectivity index (χ0) is 7.40. The Bertz CT molecular complexity index is 131. The standard InChI is InChI=1S/C8H13NO/c1-7-2-3-8(4-5-9)6-10-7/h7-8H,2-4,6H2,1H3. The molecular formula is C8H13NO. The Hall–Kier alpha value is -0.550. The molecule has 0 radical (unpaired) electrons. The van der Waals surface area contributed by atoms with Crippen LogP contribution in [0, 0.1) is 17.2 Å². The summed E-state index contributed by atoms with van der Waals surface area (Å²) >= 11 is 0. The molecule has 0 aliphatic carbocycles. The van der Waals surface area contributed by atoms with E-state index < -0.39 is 0 Å². The lowest BCUT2D eigenvalue weighted by Gasteiger charge is -2.24. The topological polar surface area (TPSA) is 33.0 Å². The molecular weight excluding hydrogens is 126 g/mol. The van der Waals surface area contributed by atoms with E-state index in [2.05, 4.69) is 13.0 Å². The van der Waals surface area contributed by atoms with Gasteiger partial charge in [-0.25, -0.2) is 0 Å². The van der Waals surface area contributed by atoms with Gasteiger partial charge in [-0.15, -0.1) is 0 Å². The van der Waals surface area contributed by atoms with Crippen LogP contribution in [0.2, 0.25) is 0 Å². The van der Waals surface area contributed by atoms with Crippen LogP contribution in [0.1, 0.15) is 26.2 Å². The lowest BCUT2D eigenvalue weighted by atomic mass is 9.97. The molecule has 0 aromatic rings. The first-order chi connectivity index (χ1) is 4.83. The molecule has 1 heterocycles. The van der Waals surface area contributed by atoms with E-state index in [0.29, 0.717) is 18.4 Å². The van der Waals surface area contributed by atoms with Crippen LogP contribution in [0.25, 0.3) is 0 Å². The first-order valence-corrected chi connectivity index (χ1v) is 3.81. The van der Waals surface area contributed by atoms with Crippen molar-refractivity contribution in [2.75, 3.05) is 6.61 Å². The first-order valence-electron chi connectivity index (χ1n) is 3.81. The molecule has 0 spiro atoms. The van der Waals surface area contributed by atoms with E-state index in [9.17, 15) is 0 Å². The Labute approximate surface area is 61.8 Å². The summed E-state index contributed by atoms with van der Waals surface area (Å²) in [5.74, 6) is 0.501. The molecule has 56 valence electrons. The van der Waals surface area contributed by atoms with E-state index >= 15 is 0 Å². The fourth-order valence-corrected chi connectivity index (χ4v) is 1.23. The average Bonchev–Trinajstić information content (AvgIpc) is 1.95. The Morgan fingerprint density at radius 1 is 1.60 bits per heavy atom. The second kappa shape index (κ2) is 3.58. The maximum atomic E-state index is 8.38. The molecule has 1 fully saturated rings. The molecule has 0 bridgehead atoms. The minimum absolute atomic E-state index is 0.412. The van der Waals surface area contributed by atoms with Gasteiger partial charge in [-0.1, -0.05) is 0 Å². The summed E-state index contributed by atoms with van der Waals surface area (Å²) in [6.45, 7) is 2.87. The maximum absolute atomic E-state index is 8.38.